The van der Waals surface area contributed by atoms with E-state index >= 15 is 0 Å². The van der Waals surface area contributed by atoms with Gasteiger partial charge in [0.2, 0.25) is 5.91 Å². The highest BCUT2D eigenvalue weighted by Gasteiger charge is 2.31. The first-order valence-electron chi connectivity index (χ1n) is 9.03. The quantitative estimate of drug-likeness (QED) is 0.466. The van der Waals surface area contributed by atoms with Crippen LogP contribution in [0.4, 0.5) is 11.4 Å². The maximum Gasteiger partial charge on any atom is 0.271 e. The number of benzene rings is 1. The Balaban J connectivity index is 1.55. The first-order valence-corrected chi connectivity index (χ1v) is 10.8. The van der Waals surface area contributed by atoms with Gasteiger partial charge >= 0.3 is 0 Å². The average molecular weight is 430 g/mol. The van der Waals surface area contributed by atoms with Gasteiger partial charge in [-0.05, 0) is 40.9 Å². The first-order chi connectivity index (χ1) is 14.1. The molecular weight excluding hydrogens is 410 g/mol. The standard InChI is InChI=1S/C20H19N3O4S2/c1-27-16-5-4-13(23(25)26)11-15(16)21-19(24)12-22-8-6-17-14(7-10-29-17)20(22)18-3-2-9-28-18/h2-5,7,9-11,20H,6,8,12H2,1H3,(H,21,24). The predicted octanol–water partition coefficient (Wildman–Crippen LogP) is 4.31. The molecule has 4 rings (SSSR count). The Morgan fingerprint density at radius 1 is 1.31 bits per heavy atom. The number of carbonyl (C=O) groups is 1. The molecule has 1 N–H and O–H groups in total. The van der Waals surface area contributed by atoms with Gasteiger partial charge in [-0.25, -0.2) is 0 Å². The fraction of sp³-hybridized carbons (Fsp3) is 0.250. The minimum atomic E-state index is -0.495. The van der Waals surface area contributed by atoms with Gasteiger partial charge in [0.1, 0.15) is 5.75 Å². The molecule has 3 aromatic rings. The third-order valence-corrected chi connectivity index (χ3v) is 6.81. The van der Waals surface area contributed by atoms with Gasteiger partial charge in [-0.3, -0.25) is 19.8 Å². The number of nitro benzene ring substituents is 1. The van der Waals surface area contributed by atoms with Crippen LogP contribution < -0.4 is 10.1 Å². The molecule has 1 amide bonds. The van der Waals surface area contributed by atoms with Gasteiger partial charge in [0.25, 0.3) is 5.69 Å². The van der Waals surface area contributed by atoms with Crippen LogP contribution in [0.15, 0.2) is 47.2 Å². The van der Waals surface area contributed by atoms with E-state index in [1.165, 1.54) is 40.6 Å². The van der Waals surface area contributed by atoms with Crippen LogP contribution >= 0.6 is 22.7 Å². The number of nitrogens with one attached hydrogen (secondary N) is 1. The van der Waals surface area contributed by atoms with Crippen molar-refractivity contribution in [2.75, 3.05) is 25.5 Å². The number of carbonyl (C=O) groups excluding carboxylic acids is 1. The molecule has 3 heterocycles. The molecule has 0 aliphatic carbocycles. The SMILES string of the molecule is COc1ccc([N+](=O)[O-])cc1NC(=O)CN1CCc2sccc2C1c1cccs1. The molecule has 0 fully saturated rings. The van der Waals surface area contributed by atoms with Crippen molar-refractivity contribution in [1.29, 1.82) is 0 Å². The Bertz CT molecular complexity index is 1030. The lowest BCUT2D eigenvalue weighted by Gasteiger charge is -2.34. The molecule has 1 unspecified atom stereocenters. The molecule has 1 aliphatic heterocycles. The van der Waals surface area contributed by atoms with Gasteiger partial charge < -0.3 is 10.1 Å². The van der Waals surface area contributed by atoms with Crippen LogP contribution in [0.3, 0.4) is 0 Å². The summed E-state index contributed by atoms with van der Waals surface area (Å²) in [6.07, 6.45) is 0.905. The van der Waals surface area contributed by atoms with Crippen molar-refractivity contribution in [3.8, 4) is 5.75 Å². The van der Waals surface area contributed by atoms with E-state index in [4.69, 9.17) is 4.74 Å². The summed E-state index contributed by atoms with van der Waals surface area (Å²) in [6.45, 7) is 0.958. The molecule has 7 nitrogen and oxygen atoms in total. The molecule has 29 heavy (non-hydrogen) atoms. The van der Waals surface area contributed by atoms with Crippen molar-refractivity contribution in [3.05, 3.63) is 72.6 Å². The van der Waals surface area contributed by atoms with Crippen LogP contribution in [0, 0.1) is 10.1 Å². The maximum absolute atomic E-state index is 12.8. The van der Waals surface area contributed by atoms with Gasteiger partial charge in [-0.15, -0.1) is 22.7 Å². The Morgan fingerprint density at radius 2 is 2.17 bits per heavy atom. The van der Waals surface area contributed by atoms with Gasteiger partial charge in [0, 0.05) is 28.4 Å². The molecule has 2 aromatic heterocycles. The third kappa shape index (κ3) is 4.02. The van der Waals surface area contributed by atoms with Crippen molar-refractivity contribution in [3.63, 3.8) is 0 Å². The van der Waals surface area contributed by atoms with Gasteiger partial charge in [-0.2, -0.15) is 0 Å². The molecule has 0 saturated carbocycles. The number of nitrogens with zero attached hydrogens (tertiary/aromatic N) is 2. The van der Waals surface area contributed by atoms with Gasteiger partial charge in [-0.1, -0.05) is 6.07 Å². The number of amides is 1. The molecule has 1 aromatic carbocycles. The number of fused-ring (bicyclic) bond motifs is 1. The van der Waals surface area contributed by atoms with Crippen molar-refractivity contribution in [2.24, 2.45) is 0 Å². The second kappa shape index (κ2) is 8.32. The van der Waals surface area contributed by atoms with Crippen LogP contribution in [-0.4, -0.2) is 35.9 Å². The molecule has 0 radical (unpaired) electrons. The van der Waals surface area contributed by atoms with E-state index in [2.05, 4.69) is 27.7 Å². The Labute approximate surface area is 175 Å². The molecular formula is C20H19N3O4S2. The summed E-state index contributed by atoms with van der Waals surface area (Å²) in [6, 6.07) is 10.5. The van der Waals surface area contributed by atoms with E-state index in [-0.39, 0.29) is 24.2 Å². The fourth-order valence-corrected chi connectivity index (χ4v) is 5.38. The lowest BCUT2D eigenvalue weighted by molar-refractivity contribution is -0.384. The summed E-state index contributed by atoms with van der Waals surface area (Å²) in [5.41, 5.74) is 1.45. The molecule has 1 atom stereocenters. The Kier molecular flexibility index (Phi) is 5.61. The van der Waals surface area contributed by atoms with Crippen LogP contribution in [0.1, 0.15) is 21.4 Å². The topological polar surface area (TPSA) is 84.7 Å². The van der Waals surface area contributed by atoms with E-state index in [0.29, 0.717) is 11.4 Å². The minimum absolute atomic E-state index is 0.0442. The van der Waals surface area contributed by atoms with Crippen molar-refractivity contribution >= 4 is 40.0 Å². The average Bonchev–Trinajstić information content (AvgIpc) is 3.39. The van der Waals surface area contributed by atoms with Crippen LogP contribution in [0.2, 0.25) is 0 Å². The largest absolute Gasteiger partial charge is 0.495 e. The number of hydrogen-bond acceptors (Lipinski definition) is 7. The number of hydrogen-bond donors (Lipinski definition) is 1. The number of non-ortho nitro benzene ring substituents is 1. The number of anilines is 1. The number of thiophene rings is 2. The summed E-state index contributed by atoms with van der Waals surface area (Å²) in [5.74, 6) is 0.154. The lowest BCUT2D eigenvalue weighted by atomic mass is 9.98. The van der Waals surface area contributed by atoms with Crippen molar-refractivity contribution < 1.29 is 14.5 Å². The zero-order chi connectivity index (χ0) is 20.4. The van der Waals surface area contributed by atoms with E-state index in [1.807, 2.05) is 11.4 Å². The van der Waals surface area contributed by atoms with E-state index in [9.17, 15) is 14.9 Å². The van der Waals surface area contributed by atoms with Crippen LogP contribution in [0.5, 0.6) is 5.75 Å². The number of nitro groups is 1. The van der Waals surface area contributed by atoms with Gasteiger partial charge in [0.05, 0.1) is 30.3 Å². The zero-order valence-corrected chi connectivity index (χ0v) is 17.3. The van der Waals surface area contributed by atoms with Crippen molar-refractivity contribution in [1.82, 2.24) is 4.90 Å². The monoisotopic (exact) mass is 429 g/mol. The number of rotatable bonds is 6. The molecule has 0 spiro atoms. The van der Waals surface area contributed by atoms with E-state index in [0.717, 1.165) is 13.0 Å². The number of methoxy groups -OCH3 is 1. The first kappa shape index (κ1) is 19.6. The predicted molar refractivity (Wildman–Crippen MR) is 114 cm³/mol. The second-order valence-corrected chi connectivity index (χ2v) is 8.61. The highest BCUT2D eigenvalue weighted by atomic mass is 32.1. The summed E-state index contributed by atoms with van der Waals surface area (Å²) < 4.78 is 5.24. The zero-order valence-electron chi connectivity index (χ0n) is 15.7. The van der Waals surface area contributed by atoms with Crippen molar-refractivity contribution in [2.45, 2.75) is 12.5 Å². The third-order valence-electron chi connectivity index (χ3n) is 4.89. The van der Waals surface area contributed by atoms with E-state index in [1.54, 1.807) is 22.7 Å². The highest BCUT2D eigenvalue weighted by molar-refractivity contribution is 7.10. The molecule has 9 heteroatoms. The second-order valence-electron chi connectivity index (χ2n) is 6.63. The number of ether oxygens (including phenoxy) is 1. The van der Waals surface area contributed by atoms with Crippen LogP contribution in [-0.2, 0) is 11.2 Å². The molecule has 0 bridgehead atoms. The summed E-state index contributed by atoms with van der Waals surface area (Å²) in [5, 5.41) is 18.0. The van der Waals surface area contributed by atoms with E-state index < -0.39 is 4.92 Å². The van der Waals surface area contributed by atoms with Gasteiger partial charge in [0.15, 0.2) is 0 Å². The summed E-state index contributed by atoms with van der Waals surface area (Å²) in [7, 11) is 1.46. The molecule has 150 valence electrons. The highest BCUT2D eigenvalue weighted by Crippen LogP contribution is 2.39. The summed E-state index contributed by atoms with van der Waals surface area (Å²) >= 11 is 3.43. The maximum atomic E-state index is 12.8. The normalized spacial score (nSPS) is 16.2. The Hall–Kier alpha value is -2.75. The fourth-order valence-electron chi connectivity index (χ4n) is 3.60. The molecule has 0 saturated heterocycles. The smallest absolute Gasteiger partial charge is 0.271 e. The Morgan fingerprint density at radius 3 is 2.90 bits per heavy atom. The van der Waals surface area contributed by atoms with Crippen LogP contribution in [0.25, 0.3) is 0 Å². The lowest BCUT2D eigenvalue weighted by Crippen LogP contribution is -2.40. The minimum Gasteiger partial charge on any atom is -0.495 e. The molecule has 1 aliphatic rings. The summed E-state index contributed by atoms with van der Waals surface area (Å²) in [4.78, 5) is 28.1.